The van der Waals surface area contributed by atoms with Crippen LogP contribution < -0.4 is 0 Å². The van der Waals surface area contributed by atoms with Crippen LogP contribution >= 0.6 is 12.6 Å². The molecule has 0 aliphatic rings. The van der Waals surface area contributed by atoms with Crippen molar-refractivity contribution in [3.05, 3.63) is 12.2 Å². The first kappa shape index (κ1) is 13.5. The smallest absolute Gasteiger partial charge is 0.333 e. The fourth-order valence-electron chi connectivity index (χ4n) is 0.718. The van der Waals surface area contributed by atoms with E-state index >= 15 is 0 Å². The number of hydrogen-bond donors (Lipinski definition) is 1. The van der Waals surface area contributed by atoms with Crippen LogP contribution in [0.15, 0.2) is 12.2 Å². The first-order valence-corrected chi connectivity index (χ1v) is 5.33. The molecule has 0 aromatic heterocycles. The van der Waals surface area contributed by atoms with Crippen LogP contribution in [0.3, 0.4) is 0 Å². The minimum Gasteiger partial charge on any atom is -0.462 e. The number of hydrogen-bond acceptors (Lipinski definition) is 4. The molecule has 0 aromatic rings. The summed E-state index contributed by atoms with van der Waals surface area (Å²) in [6, 6.07) is 0. The lowest BCUT2D eigenvalue weighted by molar-refractivity contribution is -0.139. The molecule has 0 heterocycles. The Hall–Kier alpha value is -0.480. The summed E-state index contributed by atoms with van der Waals surface area (Å²) < 4.78 is 10.1. The van der Waals surface area contributed by atoms with Crippen molar-refractivity contribution in [1.82, 2.24) is 0 Å². The number of thiol groups is 1. The van der Waals surface area contributed by atoms with Crippen molar-refractivity contribution in [1.29, 1.82) is 0 Å². The Balaban J connectivity index is 3.13. The predicted octanol–water partition coefficient (Wildman–Crippen LogP) is 1.83. The Morgan fingerprint density at radius 1 is 1.29 bits per heavy atom. The average molecular weight is 218 g/mol. The van der Waals surface area contributed by atoms with E-state index in [4.69, 9.17) is 9.47 Å². The lowest BCUT2D eigenvalue weighted by Gasteiger charge is -2.04. The summed E-state index contributed by atoms with van der Waals surface area (Å²) >= 11 is 4.05. The second-order valence-electron chi connectivity index (χ2n) is 2.96. The van der Waals surface area contributed by atoms with E-state index in [0.29, 0.717) is 18.8 Å². The Morgan fingerprint density at radius 3 is 2.50 bits per heavy atom. The van der Waals surface area contributed by atoms with Crippen LogP contribution in [0, 0.1) is 0 Å². The molecular weight excluding hydrogens is 200 g/mol. The van der Waals surface area contributed by atoms with Crippen LogP contribution in [-0.2, 0) is 14.3 Å². The summed E-state index contributed by atoms with van der Waals surface area (Å²) in [5.74, 6) is 0.505. The Kier molecular flexibility index (Phi) is 8.78. The van der Waals surface area contributed by atoms with Gasteiger partial charge in [0.2, 0.25) is 0 Å². The van der Waals surface area contributed by atoms with Crippen LogP contribution in [0.25, 0.3) is 0 Å². The van der Waals surface area contributed by atoms with Crippen molar-refractivity contribution < 1.29 is 14.3 Å². The minimum atomic E-state index is -0.333. The molecule has 4 heteroatoms. The van der Waals surface area contributed by atoms with Gasteiger partial charge < -0.3 is 9.47 Å². The number of carbonyl (C=O) groups is 1. The van der Waals surface area contributed by atoms with Crippen molar-refractivity contribution in [2.45, 2.75) is 19.8 Å². The van der Waals surface area contributed by atoms with Crippen molar-refractivity contribution in [2.24, 2.45) is 0 Å². The van der Waals surface area contributed by atoms with Crippen molar-refractivity contribution in [3.8, 4) is 0 Å². The zero-order valence-corrected chi connectivity index (χ0v) is 9.52. The Bertz CT molecular complexity index is 180. The Labute approximate surface area is 90.9 Å². The quantitative estimate of drug-likeness (QED) is 0.292. The lowest BCUT2D eigenvalue weighted by Crippen LogP contribution is -2.08. The number of carbonyl (C=O) groups excluding carboxylic acids is 1. The molecule has 0 aliphatic carbocycles. The van der Waals surface area contributed by atoms with Gasteiger partial charge in [0.05, 0.1) is 6.61 Å². The minimum absolute atomic E-state index is 0.333. The summed E-state index contributed by atoms with van der Waals surface area (Å²) in [6.07, 6.45) is 1.68. The van der Waals surface area contributed by atoms with E-state index in [1.54, 1.807) is 6.92 Å². The second kappa shape index (κ2) is 9.09. The van der Waals surface area contributed by atoms with Crippen molar-refractivity contribution in [3.63, 3.8) is 0 Å². The van der Waals surface area contributed by atoms with Gasteiger partial charge in [-0.05, 0) is 19.1 Å². The van der Waals surface area contributed by atoms with Gasteiger partial charge in [0.15, 0.2) is 0 Å². The van der Waals surface area contributed by atoms with Gasteiger partial charge in [-0.15, -0.1) is 0 Å². The van der Waals surface area contributed by atoms with Crippen LogP contribution in [0.1, 0.15) is 19.8 Å². The summed E-state index contributed by atoms with van der Waals surface area (Å²) in [7, 11) is 0. The number of esters is 1. The third kappa shape index (κ3) is 8.13. The van der Waals surface area contributed by atoms with Gasteiger partial charge in [-0.25, -0.2) is 4.79 Å². The first-order valence-electron chi connectivity index (χ1n) is 4.69. The highest BCUT2D eigenvalue weighted by atomic mass is 32.1. The molecule has 0 bridgehead atoms. The van der Waals surface area contributed by atoms with Crippen molar-refractivity contribution in [2.75, 3.05) is 25.6 Å². The van der Waals surface area contributed by atoms with Gasteiger partial charge in [0.1, 0.15) is 0 Å². The van der Waals surface area contributed by atoms with Gasteiger partial charge in [-0.3, -0.25) is 0 Å². The normalized spacial score (nSPS) is 9.86. The molecule has 14 heavy (non-hydrogen) atoms. The SMILES string of the molecule is C=C(C)C(=O)OCCCOCCCS. The van der Waals surface area contributed by atoms with Gasteiger partial charge >= 0.3 is 5.97 Å². The third-order valence-corrected chi connectivity index (χ3v) is 1.78. The highest BCUT2D eigenvalue weighted by Crippen LogP contribution is 1.94. The van der Waals surface area contributed by atoms with Crippen LogP contribution in [0.4, 0.5) is 0 Å². The molecule has 0 amide bonds. The number of ether oxygens (including phenoxy) is 2. The fraction of sp³-hybridized carbons (Fsp3) is 0.700. The maximum absolute atomic E-state index is 10.9. The number of rotatable bonds is 8. The predicted molar refractivity (Wildman–Crippen MR) is 59.7 cm³/mol. The molecule has 0 unspecified atom stereocenters. The largest absolute Gasteiger partial charge is 0.462 e. The van der Waals surface area contributed by atoms with Gasteiger partial charge in [0, 0.05) is 25.2 Å². The van der Waals surface area contributed by atoms with E-state index in [1.165, 1.54) is 0 Å². The standard InChI is InChI=1S/C10H18O3S/c1-9(2)10(11)13-7-3-5-12-6-4-8-14/h14H,1,3-8H2,2H3. The summed E-state index contributed by atoms with van der Waals surface area (Å²) in [6.45, 7) is 6.85. The van der Waals surface area contributed by atoms with E-state index in [9.17, 15) is 4.79 Å². The Morgan fingerprint density at radius 2 is 1.93 bits per heavy atom. The van der Waals surface area contributed by atoms with Crippen LogP contribution in [0.2, 0.25) is 0 Å². The molecule has 0 radical (unpaired) electrons. The van der Waals surface area contributed by atoms with E-state index in [2.05, 4.69) is 19.2 Å². The average Bonchev–Trinajstić information content (AvgIpc) is 2.16. The zero-order chi connectivity index (χ0) is 10.8. The fourth-order valence-corrected chi connectivity index (χ4v) is 0.847. The third-order valence-electron chi connectivity index (χ3n) is 1.46. The molecule has 0 fully saturated rings. The van der Waals surface area contributed by atoms with E-state index < -0.39 is 0 Å². The molecule has 0 aliphatic heterocycles. The molecule has 0 saturated carbocycles. The van der Waals surface area contributed by atoms with Gasteiger partial charge in [0.25, 0.3) is 0 Å². The monoisotopic (exact) mass is 218 g/mol. The summed E-state index contributed by atoms with van der Waals surface area (Å²) in [5.41, 5.74) is 0.431. The molecule has 0 aromatic carbocycles. The van der Waals surface area contributed by atoms with Crippen LogP contribution in [-0.4, -0.2) is 31.5 Å². The van der Waals surface area contributed by atoms with E-state index in [0.717, 1.165) is 25.2 Å². The molecule has 0 N–H and O–H groups in total. The molecule has 3 nitrogen and oxygen atoms in total. The zero-order valence-electron chi connectivity index (χ0n) is 8.62. The lowest BCUT2D eigenvalue weighted by atomic mass is 10.4. The van der Waals surface area contributed by atoms with E-state index in [1.807, 2.05) is 0 Å². The van der Waals surface area contributed by atoms with Gasteiger partial charge in [-0.1, -0.05) is 6.58 Å². The molecule has 82 valence electrons. The molecule has 0 rings (SSSR count). The highest BCUT2D eigenvalue weighted by Gasteiger charge is 2.01. The summed E-state index contributed by atoms with van der Waals surface area (Å²) in [4.78, 5) is 10.9. The molecule has 0 atom stereocenters. The molecule has 0 saturated heterocycles. The maximum Gasteiger partial charge on any atom is 0.333 e. The van der Waals surface area contributed by atoms with Crippen molar-refractivity contribution >= 4 is 18.6 Å². The topological polar surface area (TPSA) is 35.5 Å². The van der Waals surface area contributed by atoms with Crippen LogP contribution in [0.5, 0.6) is 0 Å². The van der Waals surface area contributed by atoms with E-state index in [-0.39, 0.29) is 5.97 Å². The van der Waals surface area contributed by atoms with Gasteiger partial charge in [-0.2, -0.15) is 12.6 Å². The highest BCUT2D eigenvalue weighted by molar-refractivity contribution is 7.80. The maximum atomic E-state index is 10.9. The second-order valence-corrected chi connectivity index (χ2v) is 3.41. The summed E-state index contributed by atoms with van der Waals surface area (Å²) in [5, 5.41) is 0. The molecule has 0 spiro atoms. The molecular formula is C10H18O3S. The first-order chi connectivity index (χ1) is 6.68.